The zero-order chi connectivity index (χ0) is 10.9. The van der Waals surface area contributed by atoms with Crippen molar-refractivity contribution in [1.29, 1.82) is 0 Å². The molecular weight excluding hydrogens is 190 g/mol. The first-order chi connectivity index (χ1) is 7.13. The number of rotatable bonds is 3. The van der Waals surface area contributed by atoms with Crippen LogP contribution >= 0.6 is 0 Å². The Hall–Kier alpha value is -1.39. The normalized spacial score (nSPS) is 12.2. The van der Waals surface area contributed by atoms with Crippen molar-refractivity contribution in [3.05, 3.63) is 36.3 Å². The van der Waals surface area contributed by atoms with E-state index in [1.54, 1.807) is 0 Å². The lowest BCUT2D eigenvalue weighted by Gasteiger charge is -2.19. The molecule has 2 aromatic rings. The number of fused-ring (bicyclic) bond motifs is 1. The molecule has 0 bridgehead atoms. The fourth-order valence-corrected chi connectivity index (χ4v) is 1.54. The highest BCUT2D eigenvalue weighted by molar-refractivity contribution is 5.40. The van der Waals surface area contributed by atoms with Crippen LogP contribution in [0.4, 0.5) is 0 Å². The number of hydrogen-bond donors (Lipinski definition) is 1. The molecule has 0 saturated carbocycles. The van der Waals surface area contributed by atoms with E-state index in [1.165, 1.54) is 0 Å². The molecule has 2 heterocycles. The van der Waals surface area contributed by atoms with E-state index in [1.807, 2.05) is 35.0 Å². The Morgan fingerprint density at radius 1 is 1.47 bits per heavy atom. The van der Waals surface area contributed by atoms with E-state index < -0.39 is 0 Å². The van der Waals surface area contributed by atoms with Crippen molar-refractivity contribution in [3.8, 4) is 0 Å². The van der Waals surface area contributed by atoms with Gasteiger partial charge in [0, 0.05) is 17.8 Å². The first-order valence-electron chi connectivity index (χ1n) is 4.89. The fourth-order valence-electron chi connectivity index (χ4n) is 1.54. The third-order valence-corrected chi connectivity index (χ3v) is 2.50. The highest BCUT2D eigenvalue weighted by atomic mass is 16.6. The first-order valence-corrected chi connectivity index (χ1v) is 4.89. The van der Waals surface area contributed by atoms with Gasteiger partial charge in [-0.15, -0.1) is 0 Å². The summed E-state index contributed by atoms with van der Waals surface area (Å²) in [5.41, 5.74) is 1.76. The van der Waals surface area contributed by atoms with Crippen LogP contribution in [-0.2, 0) is 10.3 Å². The summed E-state index contributed by atoms with van der Waals surface area (Å²) >= 11 is 0. The van der Waals surface area contributed by atoms with Gasteiger partial charge in [0.05, 0.1) is 12.3 Å². The highest BCUT2D eigenvalue weighted by Gasteiger charge is 2.23. The van der Waals surface area contributed by atoms with Crippen molar-refractivity contribution in [2.45, 2.75) is 19.3 Å². The van der Waals surface area contributed by atoms with Crippen LogP contribution in [-0.4, -0.2) is 16.0 Å². The second-order valence-electron chi connectivity index (χ2n) is 4.29. The standard InChI is InChI=1S/C11H15N3O/c1-11(2,8-15-12)9-7-14-6-4-3-5-10(14)13-9/h3-7H,8,12H2,1-2H3. The van der Waals surface area contributed by atoms with E-state index >= 15 is 0 Å². The molecule has 4 heteroatoms. The Morgan fingerprint density at radius 2 is 2.27 bits per heavy atom. The minimum atomic E-state index is -0.166. The predicted octanol–water partition coefficient (Wildman–Crippen LogP) is 1.50. The number of hydrogen-bond acceptors (Lipinski definition) is 3. The third kappa shape index (κ3) is 1.86. The summed E-state index contributed by atoms with van der Waals surface area (Å²) in [4.78, 5) is 9.24. The maximum Gasteiger partial charge on any atom is 0.136 e. The first kappa shape index (κ1) is 10.1. The lowest BCUT2D eigenvalue weighted by Crippen LogP contribution is -2.26. The van der Waals surface area contributed by atoms with Crippen molar-refractivity contribution < 1.29 is 4.84 Å². The van der Waals surface area contributed by atoms with Crippen molar-refractivity contribution in [1.82, 2.24) is 9.38 Å². The van der Waals surface area contributed by atoms with Gasteiger partial charge in [0.1, 0.15) is 5.65 Å². The Labute approximate surface area is 88.6 Å². The SMILES string of the molecule is CC(C)(CON)c1cn2ccccc2n1. The van der Waals surface area contributed by atoms with Crippen LogP contribution in [0.25, 0.3) is 5.65 Å². The average Bonchev–Trinajstić information content (AvgIpc) is 2.61. The molecule has 0 radical (unpaired) electrons. The van der Waals surface area contributed by atoms with E-state index in [2.05, 4.69) is 18.8 Å². The summed E-state index contributed by atoms with van der Waals surface area (Å²) in [7, 11) is 0. The van der Waals surface area contributed by atoms with Crippen molar-refractivity contribution in [2.24, 2.45) is 5.90 Å². The number of imidazole rings is 1. The van der Waals surface area contributed by atoms with Gasteiger partial charge in [-0.25, -0.2) is 10.9 Å². The molecule has 0 aliphatic rings. The molecule has 0 aliphatic heterocycles. The van der Waals surface area contributed by atoms with E-state index in [-0.39, 0.29) is 5.41 Å². The quantitative estimate of drug-likeness (QED) is 0.772. The molecule has 4 nitrogen and oxygen atoms in total. The maximum atomic E-state index is 5.11. The smallest absolute Gasteiger partial charge is 0.136 e. The summed E-state index contributed by atoms with van der Waals surface area (Å²) < 4.78 is 1.99. The molecule has 2 N–H and O–H groups in total. The Morgan fingerprint density at radius 3 is 2.93 bits per heavy atom. The number of nitrogens with two attached hydrogens (primary N) is 1. The van der Waals surface area contributed by atoms with Crippen LogP contribution in [0.5, 0.6) is 0 Å². The van der Waals surface area contributed by atoms with Crippen LogP contribution in [0.15, 0.2) is 30.6 Å². The van der Waals surface area contributed by atoms with Gasteiger partial charge in [-0.2, -0.15) is 0 Å². The zero-order valence-electron chi connectivity index (χ0n) is 8.97. The van der Waals surface area contributed by atoms with Gasteiger partial charge in [0.25, 0.3) is 0 Å². The van der Waals surface area contributed by atoms with Gasteiger partial charge in [-0.1, -0.05) is 19.9 Å². The van der Waals surface area contributed by atoms with E-state index in [9.17, 15) is 0 Å². The van der Waals surface area contributed by atoms with E-state index in [0.717, 1.165) is 11.3 Å². The van der Waals surface area contributed by atoms with Gasteiger partial charge in [-0.05, 0) is 12.1 Å². The summed E-state index contributed by atoms with van der Waals surface area (Å²) in [5.74, 6) is 5.11. The fraction of sp³-hybridized carbons (Fsp3) is 0.364. The lowest BCUT2D eigenvalue weighted by molar-refractivity contribution is 0.0951. The Balaban J connectivity index is 2.44. The molecule has 0 unspecified atom stereocenters. The molecule has 0 atom stereocenters. The van der Waals surface area contributed by atoms with Gasteiger partial charge in [0.2, 0.25) is 0 Å². The topological polar surface area (TPSA) is 52.5 Å². The minimum Gasteiger partial charge on any atom is -0.307 e. The third-order valence-electron chi connectivity index (χ3n) is 2.50. The molecule has 0 fully saturated rings. The molecule has 2 aromatic heterocycles. The molecular formula is C11H15N3O. The largest absolute Gasteiger partial charge is 0.307 e. The van der Waals surface area contributed by atoms with Crippen LogP contribution in [0.3, 0.4) is 0 Å². The molecule has 0 amide bonds. The summed E-state index contributed by atoms with van der Waals surface area (Å²) in [6.45, 7) is 4.57. The van der Waals surface area contributed by atoms with E-state index in [4.69, 9.17) is 10.7 Å². The van der Waals surface area contributed by atoms with Crippen molar-refractivity contribution >= 4 is 5.65 Å². The number of pyridine rings is 1. The van der Waals surface area contributed by atoms with Gasteiger partial charge in [0.15, 0.2) is 0 Å². The zero-order valence-corrected chi connectivity index (χ0v) is 8.97. The highest BCUT2D eigenvalue weighted by Crippen LogP contribution is 2.22. The number of aromatic nitrogens is 2. The van der Waals surface area contributed by atoms with Crippen LogP contribution in [0.1, 0.15) is 19.5 Å². The number of nitrogens with zero attached hydrogens (tertiary/aromatic N) is 2. The molecule has 2 rings (SSSR count). The maximum absolute atomic E-state index is 5.11. The van der Waals surface area contributed by atoms with Gasteiger partial charge < -0.3 is 9.24 Å². The van der Waals surface area contributed by atoms with Crippen LogP contribution in [0, 0.1) is 0 Å². The monoisotopic (exact) mass is 205 g/mol. The summed E-state index contributed by atoms with van der Waals surface area (Å²) in [5, 5.41) is 0. The van der Waals surface area contributed by atoms with Crippen LogP contribution in [0.2, 0.25) is 0 Å². The molecule has 0 aromatic carbocycles. The molecule has 15 heavy (non-hydrogen) atoms. The van der Waals surface area contributed by atoms with Gasteiger partial charge >= 0.3 is 0 Å². The van der Waals surface area contributed by atoms with Crippen molar-refractivity contribution in [2.75, 3.05) is 6.61 Å². The minimum absolute atomic E-state index is 0.166. The average molecular weight is 205 g/mol. The summed E-state index contributed by atoms with van der Waals surface area (Å²) in [6.07, 6.45) is 3.99. The molecule has 80 valence electrons. The van der Waals surface area contributed by atoms with Crippen LogP contribution < -0.4 is 5.90 Å². The van der Waals surface area contributed by atoms with Gasteiger partial charge in [-0.3, -0.25) is 0 Å². The Kier molecular flexibility index (Phi) is 2.46. The molecule has 0 aliphatic carbocycles. The molecule has 0 saturated heterocycles. The predicted molar refractivity (Wildman–Crippen MR) is 58.4 cm³/mol. The Bertz CT molecular complexity index is 429. The van der Waals surface area contributed by atoms with Crippen molar-refractivity contribution in [3.63, 3.8) is 0 Å². The second kappa shape index (κ2) is 3.64. The second-order valence-corrected chi connectivity index (χ2v) is 4.29. The van der Waals surface area contributed by atoms with E-state index in [0.29, 0.717) is 6.61 Å². The lowest BCUT2D eigenvalue weighted by atomic mass is 9.91. The summed E-state index contributed by atoms with van der Waals surface area (Å²) in [6, 6.07) is 5.92. The molecule has 0 spiro atoms.